The van der Waals surface area contributed by atoms with Crippen molar-refractivity contribution in [1.29, 1.82) is 0 Å². The highest BCUT2D eigenvalue weighted by molar-refractivity contribution is 5.90. The van der Waals surface area contributed by atoms with Gasteiger partial charge in [0.15, 0.2) is 0 Å². The van der Waals surface area contributed by atoms with Gasteiger partial charge in [-0.15, -0.1) is 0 Å². The zero-order valence-corrected chi connectivity index (χ0v) is 24.3. The van der Waals surface area contributed by atoms with Gasteiger partial charge in [0, 0.05) is 11.1 Å². The summed E-state index contributed by atoms with van der Waals surface area (Å²) in [6, 6.07) is 13.7. The SMILES string of the molecule is CCOC(=O)/C=C/OC1=C2C(O[C@H](c3ccc(CC)cc3)[C@@H]2C(=O)OCC)[C@@H](C(=O)OCC)c2cc(CC)ccc21. The Hall–Kier alpha value is -3.91. The van der Waals surface area contributed by atoms with Gasteiger partial charge < -0.3 is 23.7 Å². The van der Waals surface area contributed by atoms with Crippen molar-refractivity contribution in [2.75, 3.05) is 19.8 Å². The van der Waals surface area contributed by atoms with E-state index in [1.165, 1.54) is 12.3 Å². The number of benzene rings is 2. The first kappa shape index (κ1) is 30.1. The maximum Gasteiger partial charge on any atom is 0.333 e. The van der Waals surface area contributed by atoms with Gasteiger partial charge in [0.05, 0.1) is 32.2 Å². The fraction of sp³-hybridized carbons (Fsp3) is 0.424. The molecule has 1 aliphatic carbocycles. The summed E-state index contributed by atoms with van der Waals surface area (Å²) in [4.78, 5) is 39.2. The fourth-order valence-electron chi connectivity index (χ4n) is 5.45. The summed E-state index contributed by atoms with van der Waals surface area (Å²) in [5.74, 6) is -2.87. The molecule has 0 N–H and O–H groups in total. The first-order valence-corrected chi connectivity index (χ1v) is 14.3. The van der Waals surface area contributed by atoms with E-state index in [-0.39, 0.29) is 19.8 Å². The highest BCUT2D eigenvalue weighted by Gasteiger charge is 2.55. The molecule has 0 radical (unpaired) electrons. The number of aryl methyl sites for hydroxylation is 2. The van der Waals surface area contributed by atoms with Crippen LogP contribution in [-0.2, 0) is 50.9 Å². The lowest BCUT2D eigenvalue weighted by Crippen LogP contribution is -2.34. The Labute approximate surface area is 241 Å². The van der Waals surface area contributed by atoms with Crippen LogP contribution in [0.25, 0.3) is 5.76 Å². The van der Waals surface area contributed by atoms with Crippen molar-refractivity contribution in [2.45, 2.75) is 65.6 Å². The van der Waals surface area contributed by atoms with Crippen LogP contribution in [-0.4, -0.2) is 43.8 Å². The van der Waals surface area contributed by atoms with Gasteiger partial charge in [0.2, 0.25) is 0 Å². The van der Waals surface area contributed by atoms with Crippen LogP contribution in [0, 0.1) is 5.92 Å². The maximum absolute atomic E-state index is 13.6. The summed E-state index contributed by atoms with van der Waals surface area (Å²) in [5.41, 5.74) is 4.74. The molecule has 8 heteroatoms. The van der Waals surface area contributed by atoms with E-state index in [0.29, 0.717) is 22.5 Å². The number of fused-ring (bicyclic) bond motifs is 2. The topological polar surface area (TPSA) is 97.4 Å². The van der Waals surface area contributed by atoms with Gasteiger partial charge in [0.25, 0.3) is 0 Å². The first-order valence-electron chi connectivity index (χ1n) is 14.3. The molecule has 1 aliphatic heterocycles. The second kappa shape index (κ2) is 13.6. The van der Waals surface area contributed by atoms with Crippen molar-refractivity contribution >= 4 is 23.7 Å². The molecule has 4 atom stereocenters. The van der Waals surface area contributed by atoms with Gasteiger partial charge in [-0.2, -0.15) is 0 Å². The molecule has 8 nitrogen and oxygen atoms in total. The lowest BCUT2D eigenvalue weighted by Gasteiger charge is -2.32. The second-order valence-electron chi connectivity index (χ2n) is 9.76. The third-order valence-electron chi connectivity index (χ3n) is 7.38. The van der Waals surface area contributed by atoms with E-state index < -0.39 is 42.0 Å². The van der Waals surface area contributed by atoms with E-state index >= 15 is 0 Å². The Kier molecular flexibility index (Phi) is 10.00. The van der Waals surface area contributed by atoms with Gasteiger partial charge >= 0.3 is 17.9 Å². The van der Waals surface area contributed by atoms with Crippen LogP contribution in [0.4, 0.5) is 0 Å². The van der Waals surface area contributed by atoms with Gasteiger partial charge in [0.1, 0.15) is 29.8 Å². The van der Waals surface area contributed by atoms with Gasteiger partial charge in [-0.05, 0) is 55.9 Å². The summed E-state index contributed by atoms with van der Waals surface area (Å²) in [6.07, 6.45) is 2.45. The number of hydrogen-bond donors (Lipinski definition) is 0. The lowest BCUT2D eigenvalue weighted by molar-refractivity contribution is -0.150. The molecule has 0 aromatic heterocycles. The minimum Gasteiger partial charge on any atom is -0.465 e. The van der Waals surface area contributed by atoms with Crippen LogP contribution in [0.1, 0.15) is 74.5 Å². The second-order valence-corrected chi connectivity index (χ2v) is 9.76. The van der Waals surface area contributed by atoms with E-state index in [2.05, 4.69) is 6.92 Å². The predicted octanol–water partition coefficient (Wildman–Crippen LogP) is 5.60. The smallest absolute Gasteiger partial charge is 0.333 e. The van der Waals surface area contributed by atoms with Gasteiger partial charge in [-0.1, -0.05) is 56.3 Å². The monoisotopic (exact) mass is 562 g/mol. The third kappa shape index (κ3) is 6.22. The zero-order valence-electron chi connectivity index (χ0n) is 24.3. The molecular weight excluding hydrogens is 524 g/mol. The Bertz CT molecular complexity index is 1320. The number of esters is 3. The molecule has 1 saturated heterocycles. The average molecular weight is 563 g/mol. The van der Waals surface area contributed by atoms with Crippen LogP contribution >= 0.6 is 0 Å². The third-order valence-corrected chi connectivity index (χ3v) is 7.38. The number of hydrogen-bond acceptors (Lipinski definition) is 8. The molecule has 0 amide bonds. The predicted molar refractivity (Wildman–Crippen MR) is 153 cm³/mol. The van der Waals surface area contributed by atoms with Crippen LogP contribution in [0.2, 0.25) is 0 Å². The number of ether oxygens (including phenoxy) is 5. The lowest BCUT2D eigenvalue weighted by atomic mass is 9.75. The van der Waals surface area contributed by atoms with Crippen LogP contribution in [0.5, 0.6) is 0 Å². The summed E-state index contributed by atoms with van der Waals surface area (Å²) in [7, 11) is 0. The Morgan fingerprint density at radius 3 is 1.98 bits per heavy atom. The molecule has 1 heterocycles. The summed E-state index contributed by atoms with van der Waals surface area (Å²) in [6.45, 7) is 9.90. The Morgan fingerprint density at radius 2 is 1.37 bits per heavy atom. The summed E-state index contributed by atoms with van der Waals surface area (Å²) >= 11 is 0. The van der Waals surface area contributed by atoms with E-state index in [1.54, 1.807) is 20.8 Å². The van der Waals surface area contributed by atoms with Crippen molar-refractivity contribution in [2.24, 2.45) is 5.92 Å². The molecule has 0 spiro atoms. The first-order chi connectivity index (χ1) is 19.9. The highest BCUT2D eigenvalue weighted by atomic mass is 16.6. The molecule has 2 aliphatic rings. The molecule has 2 aromatic rings. The minimum atomic E-state index is -0.894. The van der Waals surface area contributed by atoms with Crippen LogP contribution in [0.15, 0.2) is 60.4 Å². The molecule has 0 bridgehead atoms. The molecule has 4 rings (SSSR count). The molecule has 1 unspecified atom stereocenters. The molecule has 218 valence electrons. The number of carbonyl (C=O) groups excluding carboxylic acids is 3. The van der Waals surface area contributed by atoms with E-state index in [9.17, 15) is 14.4 Å². The van der Waals surface area contributed by atoms with Gasteiger partial charge in [-0.25, -0.2) is 4.79 Å². The molecular formula is C33H38O8. The number of rotatable bonds is 11. The molecule has 2 aromatic carbocycles. The van der Waals surface area contributed by atoms with E-state index in [4.69, 9.17) is 23.7 Å². The van der Waals surface area contributed by atoms with Crippen molar-refractivity contribution in [1.82, 2.24) is 0 Å². The molecule has 41 heavy (non-hydrogen) atoms. The van der Waals surface area contributed by atoms with Crippen molar-refractivity contribution in [3.8, 4) is 0 Å². The summed E-state index contributed by atoms with van der Waals surface area (Å²) in [5, 5.41) is 0. The normalized spacial score (nSPS) is 21.3. The molecule has 1 fully saturated rings. The maximum atomic E-state index is 13.6. The van der Waals surface area contributed by atoms with Gasteiger partial charge in [-0.3, -0.25) is 9.59 Å². The molecule has 0 saturated carbocycles. The van der Waals surface area contributed by atoms with Crippen molar-refractivity contribution < 1.29 is 38.1 Å². The van der Waals surface area contributed by atoms with E-state index in [1.807, 2.05) is 49.4 Å². The highest BCUT2D eigenvalue weighted by Crippen LogP contribution is 2.54. The Balaban J connectivity index is 1.94. The number of carbonyl (C=O) groups is 3. The van der Waals surface area contributed by atoms with Crippen LogP contribution in [0.3, 0.4) is 0 Å². The Morgan fingerprint density at radius 1 is 0.756 bits per heavy atom. The van der Waals surface area contributed by atoms with Crippen molar-refractivity contribution in [3.05, 3.63) is 88.2 Å². The largest absolute Gasteiger partial charge is 0.465 e. The van der Waals surface area contributed by atoms with E-state index in [0.717, 1.165) is 29.5 Å². The van der Waals surface area contributed by atoms with Crippen LogP contribution < -0.4 is 0 Å². The quantitative estimate of drug-likeness (QED) is 0.151. The minimum absolute atomic E-state index is 0.172. The fourth-order valence-corrected chi connectivity index (χ4v) is 5.45. The summed E-state index contributed by atoms with van der Waals surface area (Å²) < 4.78 is 28.9. The van der Waals surface area contributed by atoms with Crippen molar-refractivity contribution in [3.63, 3.8) is 0 Å². The average Bonchev–Trinajstić information content (AvgIpc) is 3.37. The standard InChI is InChI=1S/C33H38O8/c1-6-20-11-14-22(15-12-20)29-28(33(36)39-10-5)27-30(40-18-17-25(34)37-8-3)23-16-13-21(7-2)19-24(23)26(31(27)41-29)32(35)38-9-4/h11-19,26,28-29,31H,6-10H2,1-5H3/b18-17+/t26-,28+,29+,31?/m0/s1. The zero-order chi connectivity index (χ0) is 29.5.